The lowest BCUT2D eigenvalue weighted by atomic mass is 10.1. The number of halogens is 1. The van der Waals surface area contributed by atoms with Gasteiger partial charge in [-0.1, -0.05) is 6.07 Å². The maximum Gasteiger partial charge on any atom is 0.274 e. The molecule has 4 rings (SSSR count). The zero-order valence-electron chi connectivity index (χ0n) is 15.5. The van der Waals surface area contributed by atoms with Crippen LogP contribution < -0.4 is 4.74 Å². The van der Waals surface area contributed by atoms with E-state index in [1.165, 1.54) is 4.90 Å². The summed E-state index contributed by atoms with van der Waals surface area (Å²) >= 11 is 0. The summed E-state index contributed by atoms with van der Waals surface area (Å²) in [7, 11) is 1.54. The van der Waals surface area contributed by atoms with Crippen LogP contribution in [0.1, 0.15) is 23.3 Å². The third kappa shape index (κ3) is 3.58. The molecule has 0 radical (unpaired) electrons. The lowest BCUT2D eigenvalue weighted by Crippen LogP contribution is -2.40. The summed E-state index contributed by atoms with van der Waals surface area (Å²) in [6.07, 6.45) is 3.46. The predicted octanol–water partition coefficient (Wildman–Crippen LogP) is 2.91. The standard InChI is InChI=1S/C20H20FN5O2/c1-28-19-8-7-15(12-23-19)26-18(16-6-2-3-9-22-16)11-17(24-26)20(27)25-10-4-5-14(21)13-25/h2-3,6-9,11-12,14H,4-5,10,13H2,1H3/t14-/m1/s1. The Morgan fingerprint density at radius 2 is 2.14 bits per heavy atom. The van der Waals surface area contributed by atoms with Crippen molar-refractivity contribution in [3.8, 4) is 23.0 Å². The number of amides is 1. The van der Waals surface area contributed by atoms with Crippen molar-refractivity contribution >= 4 is 5.91 Å². The van der Waals surface area contributed by atoms with Gasteiger partial charge >= 0.3 is 0 Å². The Hall–Kier alpha value is -3.29. The van der Waals surface area contributed by atoms with E-state index in [-0.39, 0.29) is 18.1 Å². The van der Waals surface area contributed by atoms with Gasteiger partial charge in [0.25, 0.3) is 5.91 Å². The summed E-state index contributed by atoms with van der Waals surface area (Å²) in [6, 6.07) is 10.7. The van der Waals surface area contributed by atoms with Gasteiger partial charge in [0, 0.05) is 18.8 Å². The van der Waals surface area contributed by atoms with Crippen LogP contribution in [0.5, 0.6) is 5.88 Å². The van der Waals surface area contributed by atoms with Crippen LogP contribution in [0.2, 0.25) is 0 Å². The molecule has 0 aliphatic carbocycles. The van der Waals surface area contributed by atoms with E-state index in [1.54, 1.807) is 42.4 Å². The number of methoxy groups -OCH3 is 1. The van der Waals surface area contributed by atoms with Gasteiger partial charge in [-0.2, -0.15) is 5.10 Å². The molecular weight excluding hydrogens is 361 g/mol. The minimum atomic E-state index is -0.985. The average molecular weight is 381 g/mol. The molecule has 3 aromatic heterocycles. The van der Waals surface area contributed by atoms with Crippen LogP contribution in [-0.4, -0.2) is 56.9 Å². The number of nitrogens with zero attached hydrogens (tertiary/aromatic N) is 5. The highest BCUT2D eigenvalue weighted by atomic mass is 19.1. The molecular formula is C20H20FN5O2. The number of alkyl halides is 1. The van der Waals surface area contributed by atoms with E-state index in [1.807, 2.05) is 18.2 Å². The van der Waals surface area contributed by atoms with Gasteiger partial charge in [-0.3, -0.25) is 9.78 Å². The normalized spacial score (nSPS) is 16.8. The molecule has 1 aliphatic heterocycles. The minimum Gasteiger partial charge on any atom is -0.481 e. The molecule has 1 atom stereocenters. The number of likely N-dealkylation sites (tertiary alicyclic amines) is 1. The first kappa shape index (κ1) is 18.1. The summed E-state index contributed by atoms with van der Waals surface area (Å²) in [6.45, 7) is 0.643. The Kier molecular flexibility index (Phi) is 5.01. The van der Waals surface area contributed by atoms with E-state index in [4.69, 9.17) is 4.74 Å². The van der Waals surface area contributed by atoms with Crippen LogP contribution in [-0.2, 0) is 0 Å². The molecule has 0 unspecified atom stereocenters. The van der Waals surface area contributed by atoms with Crippen molar-refractivity contribution in [1.29, 1.82) is 0 Å². The van der Waals surface area contributed by atoms with Gasteiger partial charge in [-0.05, 0) is 37.1 Å². The van der Waals surface area contributed by atoms with Gasteiger partial charge in [0.1, 0.15) is 6.17 Å². The molecule has 3 aromatic rings. The number of ether oxygens (including phenoxy) is 1. The second-order valence-electron chi connectivity index (χ2n) is 6.59. The number of pyridine rings is 2. The van der Waals surface area contributed by atoms with Crippen molar-refractivity contribution in [2.75, 3.05) is 20.2 Å². The van der Waals surface area contributed by atoms with Crippen molar-refractivity contribution in [3.05, 3.63) is 54.5 Å². The van der Waals surface area contributed by atoms with Crippen molar-refractivity contribution in [2.24, 2.45) is 0 Å². The quantitative estimate of drug-likeness (QED) is 0.695. The second-order valence-corrected chi connectivity index (χ2v) is 6.59. The third-order valence-electron chi connectivity index (χ3n) is 4.68. The summed E-state index contributed by atoms with van der Waals surface area (Å²) in [5, 5.41) is 4.49. The summed E-state index contributed by atoms with van der Waals surface area (Å²) in [5.74, 6) is 0.202. The van der Waals surface area contributed by atoms with Crippen LogP contribution in [0.15, 0.2) is 48.8 Å². The molecule has 0 saturated carbocycles. The predicted molar refractivity (Wildman–Crippen MR) is 101 cm³/mol. The van der Waals surface area contributed by atoms with E-state index in [9.17, 15) is 9.18 Å². The fraction of sp³-hybridized carbons (Fsp3) is 0.300. The SMILES string of the molecule is COc1ccc(-n2nc(C(=O)N3CCC[C@@H](F)C3)cc2-c2ccccn2)cn1. The van der Waals surface area contributed by atoms with Crippen LogP contribution >= 0.6 is 0 Å². The molecule has 0 aromatic carbocycles. The lowest BCUT2D eigenvalue weighted by Gasteiger charge is -2.28. The molecule has 0 spiro atoms. The van der Waals surface area contributed by atoms with Crippen molar-refractivity contribution in [2.45, 2.75) is 19.0 Å². The fourth-order valence-electron chi connectivity index (χ4n) is 3.27. The van der Waals surface area contributed by atoms with Crippen LogP contribution in [0.4, 0.5) is 4.39 Å². The number of hydrogen-bond donors (Lipinski definition) is 0. The zero-order chi connectivity index (χ0) is 19.5. The second kappa shape index (κ2) is 7.75. The summed E-state index contributed by atoms with van der Waals surface area (Å²) in [5.41, 5.74) is 2.25. The molecule has 0 bridgehead atoms. The number of piperidine rings is 1. The van der Waals surface area contributed by atoms with Gasteiger partial charge in [-0.15, -0.1) is 0 Å². The highest BCUT2D eigenvalue weighted by Gasteiger charge is 2.27. The first-order chi connectivity index (χ1) is 13.7. The Bertz CT molecular complexity index is 958. The number of carbonyl (C=O) groups excluding carboxylic acids is 1. The summed E-state index contributed by atoms with van der Waals surface area (Å²) < 4.78 is 20.5. The first-order valence-electron chi connectivity index (χ1n) is 9.11. The van der Waals surface area contributed by atoms with E-state index >= 15 is 0 Å². The Labute approximate surface area is 161 Å². The molecule has 144 valence electrons. The van der Waals surface area contributed by atoms with Crippen molar-refractivity contribution in [1.82, 2.24) is 24.6 Å². The molecule has 28 heavy (non-hydrogen) atoms. The van der Waals surface area contributed by atoms with Gasteiger partial charge in [0.15, 0.2) is 5.69 Å². The highest BCUT2D eigenvalue weighted by Crippen LogP contribution is 2.24. The van der Waals surface area contributed by atoms with Crippen LogP contribution in [0.3, 0.4) is 0 Å². The smallest absolute Gasteiger partial charge is 0.274 e. The van der Waals surface area contributed by atoms with E-state index in [2.05, 4.69) is 15.1 Å². The number of aromatic nitrogens is 4. The lowest BCUT2D eigenvalue weighted by molar-refractivity contribution is 0.0630. The third-order valence-corrected chi connectivity index (χ3v) is 4.68. The number of hydrogen-bond acceptors (Lipinski definition) is 5. The Morgan fingerprint density at radius 1 is 1.25 bits per heavy atom. The molecule has 4 heterocycles. The van der Waals surface area contributed by atoms with Gasteiger partial charge in [0.2, 0.25) is 5.88 Å². The molecule has 8 heteroatoms. The Balaban J connectivity index is 1.74. The van der Waals surface area contributed by atoms with Gasteiger partial charge < -0.3 is 9.64 Å². The highest BCUT2D eigenvalue weighted by molar-refractivity contribution is 5.93. The molecule has 1 amide bonds. The number of rotatable bonds is 4. The molecule has 7 nitrogen and oxygen atoms in total. The van der Waals surface area contributed by atoms with Gasteiger partial charge in [0.05, 0.1) is 36.9 Å². The first-order valence-corrected chi connectivity index (χ1v) is 9.11. The molecule has 1 aliphatic rings. The molecule has 1 saturated heterocycles. The van der Waals surface area contributed by atoms with E-state index in [0.717, 1.165) is 0 Å². The monoisotopic (exact) mass is 381 g/mol. The average Bonchev–Trinajstić information content (AvgIpc) is 3.19. The molecule has 0 N–H and O–H groups in total. The Morgan fingerprint density at radius 3 is 2.82 bits per heavy atom. The van der Waals surface area contributed by atoms with E-state index < -0.39 is 6.17 Å². The largest absolute Gasteiger partial charge is 0.481 e. The maximum absolute atomic E-state index is 13.7. The maximum atomic E-state index is 13.7. The van der Waals surface area contributed by atoms with Crippen molar-refractivity contribution < 1.29 is 13.9 Å². The summed E-state index contributed by atoms with van der Waals surface area (Å²) in [4.78, 5) is 23.0. The van der Waals surface area contributed by atoms with Gasteiger partial charge in [-0.25, -0.2) is 14.1 Å². The van der Waals surface area contributed by atoms with Crippen LogP contribution in [0.25, 0.3) is 17.1 Å². The number of carbonyl (C=O) groups is 1. The van der Waals surface area contributed by atoms with E-state index in [0.29, 0.717) is 42.3 Å². The van der Waals surface area contributed by atoms with Crippen molar-refractivity contribution in [3.63, 3.8) is 0 Å². The van der Waals surface area contributed by atoms with Crippen LogP contribution in [0, 0.1) is 0 Å². The fourth-order valence-corrected chi connectivity index (χ4v) is 3.27. The molecule has 1 fully saturated rings. The topological polar surface area (TPSA) is 73.1 Å². The zero-order valence-corrected chi connectivity index (χ0v) is 15.5. The minimum absolute atomic E-state index is 0.106.